The Kier molecular flexibility index (Phi) is 9.61. The first-order chi connectivity index (χ1) is 17.5. The molecule has 1 aromatic heterocycles. The zero-order chi connectivity index (χ0) is 25.5. The van der Waals surface area contributed by atoms with Crippen molar-refractivity contribution in [2.45, 2.75) is 64.6 Å². The number of nitrogens with zero attached hydrogens (tertiary/aromatic N) is 4. The molecule has 198 valence electrons. The minimum absolute atomic E-state index is 0.171. The monoisotopic (exact) mass is 520 g/mol. The van der Waals surface area contributed by atoms with E-state index in [0.717, 1.165) is 43.7 Å². The first kappa shape index (κ1) is 26.9. The number of hydrogen-bond acceptors (Lipinski definition) is 7. The predicted octanol–water partition coefficient (Wildman–Crippen LogP) is 3.66. The molecule has 9 nitrogen and oxygen atoms in total. The van der Waals surface area contributed by atoms with Gasteiger partial charge in [0.1, 0.15) is 5.82 Å². The maximum Gasteiger partial charge on any atom is 0.277 e. The number of carbonyl (C=O) groups is 1. The van der Waals surface area contributed by atoms with Crippen molar-refractivity contribution in [2.24, 2.45) is 0 Å². The Labute approximate surface area is 217 Å². The molecule has 1 N–H and O–H groups in total. The normalized spacial score (nSPS) is 20.2. The summed E-state index contributed by atoms with van der Waals surface area (Å²) in [5.41, 5.74) is 1.50. The molecule has 2 unspecified atom stereocenters. The van der Waals surface area contributed by atoms with Gasteiger partial charge in [-0.15, -0.1) is 0 Å². The Morgan fingerprint density at radius 3 is 2.72 bits per heavy atom. The molecule has 10 heteroatoms. The van der Waals surface area contributed by atoms with Gasteiger partial charge in [-0.3, -0.25) is 9.69 Å². The van der Waals surface area contributed by atoms with Crippen molar-refractivity contribution in [1.82, 2.24) is 14.5 Å². The van der Waals surface area contributed by atoms with E-state index >= 15 is 0 Å². The van der Waals surface area contributed by atoms with Crippen LogP contribution in [0.4, 0.5) is 5.82 Å². The highest BCUT2D eigenvalue weighted by atomic mass is 35.5. The van der Waals surface area contributed by atoms with Gasteiger partial charge in [-0.05, 0) is 56.7 Å². The quantitative estimate of drug-likeness (QED) is 0.427. The zero-order valence-electron chi connectivity index (χ0n) is 21.2. The topological polar surface area (TPSA) is 89.3 Å². The number of fused-ring (bicyclic) bond motifs is 1. The summed E-state index contributed by atoms with van der Waals surface area (Å²) in [6, 6.07) is 7.59. The number of aliphatic hydroxyl groups excluding tert-OH is 1. The van der Waals surface area contributed by atoms with Gasteiger partial charge in [-0.25, -0.2) is 4.98 Å². The lowest BCUT2D eigenvalue weighted by atomic mass is 10.2. The van der Waals surface area contributed by atoms with Gasteiger partial charge >= 0.3 is 0 Å². The van der Waals surface area contributed by atoms with Crippen LogP contribution in [0.25, 0.3) is 0 Å². The molecule has 2 aromatic rings. The van der Waals surface area contributed by atoms with Crippen molar-refractivity contribution >= 4 is 23.3 Å². The maximum atomic E-state index is 13.7. The van der Waals surface area contributed by atoms with Crippen molar-refractivity contribution in [1.29, 1.82) is 0 Å². The summed E-state index contributed by atoms with van der Waals surface area (Å²) in [6.07, 6.45) is 3.85. The van der Waals surface area contributed by atoms with Crippen LogP contribution in [0.15, 0.2) is 24.3 Å². The SMILES string of the molecule is CCOCCCc1nc2c(n1Cc1ccc(Cl)cc1)C(=O)N(CCCOC1CCCCO1)C(O)N2C. The van der Waals surface area contributed by atoms with Crippen LogP contribution in [0.2, 0.25) is 5.02 Å². The first-order valence-corrected chi connectivity index (χ1v) is 13.2. The van der Waals surface area contributed by atoms with Crippen LogP contribution >= 0.6 is 11.6 Å². The summed E-state index contributed by atoms with van der Waals surface area (Å²) >= 11 is 6.08. The van der Waals surface area contributed by atoms with Gasteiger partial charge in [0.15, 0.2) is 17.8 Å². The second-order valence-corrected chi connectivity index (χ2v) is 9.63. The van der Waals surface area contributed by atoms with Crippen LogP contribution in [0.3, 0.4) is 0 Å². The number of rotatable bonds is 12. The average Bonchev–Trinajstić information content (AvgIpc) is 3.25. The minimum atomic E-state index is -1.09. The lowest BCUT2D eigenvalue weighted by Crippen LogP contribution is -2.54. The third kappa shape index (κ3) is 6.39. The van der Waals surface area contributed by atoms with Crippen molar-refractivity contribution in [3.05, 3.63) is 46.4 Å². The molecular formula is C26H37ClN4O5. The summed E-state index contributed by atoms with van der Waals surface area (Å²) in [7, 11) is 1.76. The van der Waals surface area contributed by atoms with Gasteiger partial charge in [0.05, 0.1) is 6.61 Å². The molecule has 1 saturated heterocycles. The molecular weight excluding hydrogens is 484 g/mol. The molecule has 36 heavy (non-hydrogen) atoms. The summed E-state index contributed by atoms with van der Waals surface area (Å²) in [5.74, 6) is 1.06. The lowest BCUT2D eigenvalue weighted by molar-refractivity contribution is -0.163. The lowest BCUT2D eigenvalue weighted by Gasteiger charge is -2.38. The average molecular weight is 521 g/mol. The first-order valence-electron chi connectivity index (χ1n) is 12.9. The number of carbonyl (C=O) groups excluding carboxylic acids is 1. The molecule has 1 amide bonds. The summed E-state index contributed by atoms with van der Waals surface area (Å²) in [6.45, 7) is 5.29. The van der Waals surface area contributed by atoms with E-state index in [-0.39, 0.29) is 12.2 Å². The number of hydrogen-bond donors (Lipinski definition) is 1. The van der Waals surface area contributed by atoms with Gasteiger partial charge in [0.25, 0.3) is 5.91 Å². The maximum absolute atomic E-state index is 13.7. The van der Waals surface area contributed by atoms with E-state index in [4.69, 9.17) is 30.8 Å². The second-order valence-electron chi connectivity index (χ2n) is 9.19. The molecule has 1 fully saturated rings. The van der Waals surface area contributed by atoms with Crippen molar-refractivity contribution in [2.75, 3.05) is 44.9 Å². The fourth-order valence-electron chi connectivity index (χ4n) is 4.62. The van der Waals surface area contributed by atoms with E-state index in [0.29, 0.717) is 62.3 Å². The Bertz CT molecular complexity index is 993. The van der Waals surface area contributed by atoms with E-state index in [1.165, 1.54) is 4.90 Å². The Balaban J connectivity index is 1.52. The van der Waals surface area contributed by atoms with E-state index in [1.54, 1.807) is 11.9 Å². The predicted molar refractivity (Wildman–Crippen MR) is 137 cm³/mol. The van der Waals surface area contributed by atoms with Crippen molar-refractivity contribution in [3.63, 3.8) is 0 Å². The van der Waals surface area contributed by atoms with Crippen molar-refractivity contribution in [3.8, 4) is 0 Å². The van der Waals surface area contributed by atoms with Crippen LogP contribution in [0, 0.1) is 0 Å². The number of imidazole rings is 1. The fourth-order valence-corrected chi connectivity index (χ4v) is 4.75. The second kappa shape index (κ2) is 12.9. The molecule has 0 bridgehead atoms. The molecule has 4 rings (SSSR count). The molecule has 2 aliphatic rings. The Morgan fingerprint density at radius 1 is 1.19 bits per heavy atom. The largest absolute Gasteiger partial charge is 0.382 e. The Hall–Kier alpha value is -2.17. The van der Waals surface area contributed by atoms with Crippen LogP contribution in [0.1, 0.15) is 60.9 Å². The van der Waals surface area contributed by atoms with Gasteiger partial charge in [-0.1, -0.05) is 23.7 Å². The number of anilines is 1. The number of halogens is 1. The van der Waals surface area contributed by atoms with E-state index in [9.17, 15) is 9.90 Å². The summed E-state index contributed by atoms with van der Waals surface area (Å²) < 4.78 is 18.9. The number of amides is 1. The Morgan fingerprint density at radius 2 is 2.00 bits per heavy atom. The molecule has 3 heterocycles. The molecule has 2 aliphatic heterocycles. The molecule has 2 atom stereocenters. The number of aliphatic hydroxyl groups is 1. The van der Waals surface area contributed by atoms with Crippen LogP contribution in [-0.2, 0) is 27.2 Å². The van der Waals surface area contributed by atoms with Gasteiger partial charge in [0, 0.05) is 51.4 Å². The third-order valence-electron chi connectivity index (χ3n) is 6.58. The highest BCUT2D eigenvalue weighted by Crippen LogP contribution is 2.31. The van der Waals surface area contributed by atoms with Crippen LogP contribution < -0.4 is 4.90 Å². The third-order valence-corrected chi connectivity index (χ3v) is 6.84. The van der Waals surface area contributed by atoms with Crippen molar-refractivity contribution < 1.29 is 24.1 Å². The van der Waals surface area contributed by atoms with Gasteiger partial charge < -0.3 is 28.8 Å². The van der Waals surface area contributed by atoms with Gasteiger partial charge in [0.2, 0.25) is 6.35 Å². The van der Waals surface area contributed by atoms with E-state index in [1.807, 2.05) is 35.8 Å². The number of aryl methyl sites for hydroxylation is 1. The van der Waals surface area contributed by atoms with E-state index in [2.05, 4.69) is 0 Å². The number of ether oxygens (including phenoxy) is 3. The van der Waals surface area contributed by atoms with Crippen LogP contribution in [-0.4, -0.2) is 78.1 Å². The summed E-state index contributed by atoms with van der Waals surface area (Å²) in [5, 5.41) is 11.6. The van der Waals surface area contributed by atoms with Crippen LogP contribution in [0.5, 0.6) is 0 Å². The highest BCUT2D eigenvalue weighted by molar-refractivity contribution is 6.30. The number of benzene rings is 1. The standard InChI is InChI=1S/C26H37ClN4O5/c1-3-34-15-6-8-21-28-24-23(31(21)18-19-10-12-20(27)13-11-19)25(32)30(26(33)29(24)2)14-7-17-36-22-9-4-5-16-35-22/h10-13,22,26,33H,3-9,14-18H2,1-2H3. The molecule has 0 radical (unpaired) electrons. The highest BCUT2D eigenvalue weighted by Gasteiger charge is 2.39. The zero-order valence-corrected chi connectivity index (χ0v) is 22.0. The smallest absolute Gasteiger partial charge is 0.277 e. The molecule has 1 aromatic carbocycles. The van der Waals surface area contributed by atoms with Gasteiger partial charge in [-0.2, -0.15) is 0 Å². The minimum Gasteiger partial charge on any atom is -0.382 e. The molecule has 0 saturated carbocycles. The number of aromatic nitrogens is 2. The molecule has 0 aliphatic carbocycles. The molecule has 0 spiro atoms. The van der Waals surface area contributed by atoms with E-state index < -0.39 is 6.35 Å². The summed E-state index contributed by atoms with van der Waals surface area (Å²) in [4.78, 5) is 21.6. The fraction of sp³-hybridized carbons (Fsp3) is 0.615.